The quantitative estimate of drug-likeness (QED) is 0.450. The van der Waals surface area contributed by atoms with Crippen LogP contribution < -0.4 is 5.32 Å². The largest absolute Gasteiger partial charge is 0.317 e. The first kappa shape index (κ1) is 20.5. The highest BCUT2D eigenvalue weighted by molar-refractivity contribution is 7.15. The molecule has 0 bridgehead atoms. The standard InChI is InChI=1S/C22H23N5OS/c1-4-5-8-20-25-26-22(29-20)24-21(28)17(14-23)13-18-7-6-11-27(18)19-10-9-15(2)12-16(19)3/h6-7,9-13H,4-5,8H2,1-3H3,(H,24,26,28)/b17-13-. The van der Waals surface area contributed by atoms with Gasteiger partial charge in [0.25, 0.3) is 5.91 Å². The van der Waals surface area contributed by atoms with Gasteiger partial charge in [0.15, 0.2) is 0 Å². The zero-order valence-electron chi connectivity index (χ0n) is 16.8. The molecule has 7 heteroatoms. The van der Waals surface area contributed by atoms with Crippen LogP contribution in [-0.2, 0) is 11.2 Å². The predicted molar refractivity (Wildman–Crippen MR) is 116 cm³/mol. The number of nitriles is 1. The molecule has 3 rings (SSSR count). The van der Waals surface area contributed by atoms with Gasteiger partial charge in [0, 0.05) is 24.0 Å². The van der Waals surface area contributed by atoms with Gasteiger partial charge >= 0.3 is 0 Å². The van der Waals surface area contributed by atoms with Crippen molar-refractivity contribution in [1.29, 1.82) is 5.26 Å². The number of amides is 1. The van der Waals surface area contributed by atoms with Crippen molar-refractivity contribution >= 4 is 28.5 Å². The maximum atomic E-state index is 12.6. The maximum Gasteiger partial charge on any atom is 0.268 e. The number of carbonyl (C=O) groups excluding carboxylic acids is 1. The second-order valence-electron chi connectivity index (χ2n) is 6.82. The SMILES string of the molecule is CCCCc1nnc(NC(=O)/C(C#N)=C\c2cccn2-c2ccc(C)cc2C)s1. The van der Waals surface area contributed by atoms with Gasteiger partial charge in [-0.15, -0.1) is 10.2 Å². The third-order valence-corrected chi connectivity index (χ3v) is 5.38. The lowest BCUT2D eigenvalue weighted by Crippen LogP contribution is -2.13. The minimum atomic E-state index is -0.487. The number of carbonyl (C=O) groups is 1. The van der Waals surface area contributed by atoms with Crippen LogP contribution >= 0.6 is 11.3 Å². The highest BCUT2D eigenvalue weighted by Crippen LogP contribution is 2.21. The van der Waals surface area contributed by atoms with E-state index in [2.05, 4.69) is 28.5 Å². The number of nitrogens with one attached hydrogen (secondary N) is 1. The summed E-state index contributed by atoms with van der Waals surface area (Å²) in [6.07, 6.45) is 6.45. The van der Waals surface area contributed by atoms with E-state index >= 15 is 0 Å². The van der Waals surface area contributed by atoms with Gasteiger partial charge in [-0.05, 0) is 50.1 Å². The molecule has 1 amide bonds. The van der Waals surface area contributed by atoms with Crippen LogP contribution in [0.15, 0.2) is 42.1 Å². The highest BCUT2D eigenvalue weighted by atomic mass is 32.1. The van der Waals surface area contributed by atoms with E-state index in [0.717, 1.165) is 41.2 Å². The van der Waals surface area contributed by atoms with Crippen molar-refractivity contribution in [3.63, 3.8) is 0 Å². The Hall–Kier alpha value is -3.24. The first-order valence-corrected chi connectivity index (χ1v) is 10.3. The molecule has 6 nitrogen and oxygen atoms in total. The van der Waals surface area contributed by atoms with Crippen LogP contribution in [0, 0.1) is 25.2 Å². The molecule has 0 fully saturated rings. The molecule has 0 atom stereocenters. The average molecular weight is 406 g/mol. The van der Waals surface area contributed by atoms with Crippen molar-refractivity contribution in [3.05, 3.63) is 63.9 Å². The Labute approximate surface area is 174 Å². The number of unbranched alkanes of at least 4 members (excludes halogenated alkanes) is 1. The van der Waals surface area contributed by atoms with Crippen molar-refractivity contribution < 1.29 is 4.79 Å². The lowest BCUT2D eigenvalue weighted by Gasteiger charge is -2.11. The molecule has 1 N–H and O–H groups in total. The summed E-state index contributed by atoms with van der Waals surface area (Å²) in [5.74, 6) is -0.487. The second-order valence-corrected chi connectivity index (χ2v) is 7.88. The van der Waals surface area contributed by atoms with Gasteiger partial charge in [-0.25, -0.2) is 0 Å². The molecule has 3 aromatic rings. The lowest BCUT2D eigenvalue weighted by atomic mass is 10.1. The van der Waals surface area contributed by atoms with Crippen LogP contribution in [0.25, 0.3) is 11.8 Å². The van der Waals surface area contributed by atoms with Crippen LogP contribution in [0.5, 0.6) is 0 Å². The minimum absolute atomic E-state index is 0.0139. The minimum Gasteiger partial charge on any atom is -0.317 e. The fraction of sp³-hybridized carbons (Fsp3) is 0.273. The number of benzene rings is 1. The van der Waals surface area contributed by atoms with E-state index < -0.39 is 5.91 Å². The van der Waals surface area contributed by atoms with Crippen LogP contribution in [-0.4, -0.2) is 20.7 Å². The molecule has 0 saturated heterocycles. The fourth-order valence-corrected chi connectivity index (χ4v) is 3.78. The third-order valence-electron chi connectivity index (χ3n) is 4.48. The molecule has 0 radical (unpaired) electrons. The number of nitrogens with zero attached hydrogens (tertiary/aromatic N) is 4. The summed E-state index contributed by atoms with van der Waals surface area (Å²) >= 11 is 1.34. The van der Waals surface area contributed by atoms with Gasteiger partial charge in [0.05, 0.1) is 0 Å². The zero-order chi connectivity index (χ0) is 20.8. The van der Waals surface area contributed by atoms with Crippen molar-refractivity contribution in [1.82, 2.24) is 14.8 Å². The molecule has 29 heavy (non-hydrogen) atoms. The van der Waals surface area contributed by atoms with E-state index in [1.54, 1.807) is 6.08 Å². The van der Waals surface area contributed by atoms with Gasteiger partial charge in [0.2, 0.25) is 5.13 Å². The molecule has 148 valence electrons. The summed E-state index contributed by atoms with van der Waals surface area (Å²) in [6, 6.07) is 11.9. The Morgan fingerprint density at radius 1 is 1.31 bits per heavy atom. The van der Waals surface area contributed by atoms with Gasteiger partial charge in [-0.1, -0.05) is 42.4 Å². The second kappa shape index (κ2) is 9.30. The molecule has 0 spiro atoms. The molecule has 2 heterocycles. The highest BCUT2D eigenvalue weighted by Gasteiger charge is 2.14. The number of hydrogen-bond acceptors (Lipinski definition) is 5. The monoisotopic (exact) mass is 405 g/mol. The van der Waals surface area contributed by atoms with E-state index in [0.29, 0.717) is 5.13 Å². The van der Waals surface area contributed by atoms with Gasteiger partial charge < -0.3 is 4.57 Å². The van der Waals surface area contributed by atoms with E-state index in [1.165, 1.54) is 16.9 Å². The number of aryl methyl sites for hydroxylation is 3. The lowest BCUT2D eigenvalue weighted by molar-refractivity contribution is -0.112. The zero-order valence-corrected chi connectivity index (χ0v) is 17.6. The van der Waals surface area contributed by atoms with Crippen LogP contribution in [0.1, 0.15) is 41.6 Å². The summed E-state index contributed by atoms with van der Waals surface area (Å²) < 4.78 is 1.97. The van der Waals surface area contributed by atoms with Gasteiger partial charge in [0.1, 0.15) is 16.6 Å². The predicted octanol–water partition coefficient (Wildman–Crippen LogP) is 4.83. The Morgan fingerprint density at radius 3 is 2.86 bits per heavy atom. The van der Waals surface area contributed by atoms with E-state index in [1.807, 2.05) is 54.9 Å². The fourth-order valence-electron chi connectivity index (χ4n) is 3.00. The first-order valence-electron chi connectivity index (χ1n) is 9.52. The van der Waals surface area contributed by atoms with Crippen molar-refractivity contribution in [2.24, 2.45) is 0 Å². The smallest absolute Gasteiger partial charge is 0.268 e. The summed E-state index contributed by atoms with van der Waals surface area (Å²) in [4.78, 5) is 12.6. The number of anilines is 1. The molecule has 0 unspecified atom stereocenters. The summed E-state index contributed by atoms with van der Waals surface area (Å²) in [6.45, 7) is 6.20. The summed E-state index contributed by atoms with van der Waals surface area (Å²) in [7, 11) is 0. The molecular weight excluding hydrogens is 382 g/mol. The van der Waals surface area contributed by atoms with Crippen LogP contribution in [0.2, 0.25) is 0 Å². The third kappa shape index (κ3) is 4.98. The topological polar surface area (TPSA) is 83.6 Å². The molecule has 2 aromatic heterocycles. The Balaban J connectivity index is 1.82. The summed E-state index contributed by atoms with van der Waals surface area (Å²) in [5, 5.41) is 21.6. The molecule has 0 saturated carbocycles. The van der Waals surface area contributed by atoms with E-state index in [4.69, 9.17) is 0 Å². The Kier molecular flexibility index (Phi) is 6.57. The van der Waals surface area contributed by atoms with Crippen molar-refractivity contribution in [2.45, 2.75) is 40.0 Å². The molecule has 1 aromatic carbocycles. The normalized spacial score (nSPS) is 11.3. The van der Waals surface area contributed by atoms with Crippen molar-refractivity contribution in [2.75, 3.05) is 5.32 Å². The molecular formula is C22H23N5OS. The number of aromatic nitrogens is 3. The number of rotatable bonds is 7. The Morgan fingerprint density at radius 2 is 2.14 bits per heavy atom. The number of hydrogen-bond donors (Lipinski definition) is 1. The maximum absolute atomic E-state index is 12.6. The van der Waals surface area contributed by atoms with E-state index in [-0.39, 0.29) is 5.57 Å². The van der Waals surface area contributed by atoms with Gasteiger partial charge in [-0.2, -0.15) is 5.26 Å². The van der Waals surface area contributed by atoms with Gasteiger partial charge in [-0.3, -0.25) is 10.1 Å². The van der Waals surface area contributed by atoms with E-state index in [9.17, 15) is 10.1 Å². The van der Waals surface area contributed by atoms with Crippen LogP contribution in [0.3, 0.4) is 0 Å². The van der Waals surface area contributed by atoms with Crippen LogP contribution in [0.4, 0.5) is 5.13 Å². The average Bonchev–Trinajstić information content (AvgIpc) is 3.33. The molecule has 0 aliphatic heterocycles. The van der Waals surface area contributed by atoms with Crippen molar-refractivity contribution in [3.8, 4) is 11.8 Å². The summed E-state index contributed by atoms with van der Waals surface area (Å²) in [5.41, 5.74) is 4.08. The molecule has 0 aliphatic carbocycles. The first-order chi connectivity index (χ1) is 14.0. The molecule has 0 aliphatic rings. The Bertz CT molecular complexity index is 1090.